The molecule has 2 aliphatic carbocycles. The van der Waals surface area contributed by atoms with E-state index in [1.54, 1.807) is 11.3 Å². The van der Waals surface area contributed by atoms with Crippen LogP contribution in [0.1, 0.15) is 38.6 Å². The molecule has 0 spiro atoms. The highest BCUT2D eigenvalue weighted by Gasteiger charge is 2.31. The molecule has 0 aliphatic heterocycles. The first-order chi connectivity index (χ1) is 11.2. The van der Waals surface area contributed by atoms with E-state index in [2.05, 4.69) is 38.5 Å². The minimum absolute atomic E-state index is 0.0948. The van der Waals surface area contributed by atoms with Crippen LogP contribution in [0, 0.1) is 5.92 Å². The summed E-state index contributed by atoms with van der Waals surface area (Å²) in [6.45, 7) is 2.10. The normalized spacial score (nSPS) is 18.8. The van der Waals surface area contributed by atoms with Crippen molar-refractivity contribution in [1.29, 1.82) is 0 Å². The Morgan fingerprint density at radius 1 is 1.43 bits per heavy atom. The van der Waals surface area contributed by atoms with Crippen molar-refractivity contribution < 1.29 is 4.79 Å². The van der Waals surface area contributed by atoms with Crippen molar-refractivity contribution in [2.24, 2.45) is 5.92 Å². The number of aromatic nitrogens is 3. The third-order valence-corrected chi connectivity index (χ3v) is 6.18. The third kappa shape index (κ3) is 3.45. The number of thioether (sulfide) groups is 1. The van der Waals surface area contributed by atoms with Crippen LogP contribution in [0.4, 0.5) is 0 Å². The largest absolute Gasteiger partial charge is 0.353 e. The number of hydrogen-bond donors (Lipinski definition) is 1. The topological polar surface area (TPSA) is 59.8 Å². The smallest absolute Gasteiger partial charge is 0.230 e. The van der Waals surface area contributed by atoms with Crippen LogP contribution in [-0.2, 0) is 4.79 Å². The van der Waals surface area contributed by atoms with E-state index in [0.717, 1.165) is 15.9 Å². The van der Waals surface area contributed by atoms with E-state index in [4.69, 9.17) is 0 Å². The fraction of sp³-hybridized carbons (Fsp3) is 0.562. The van der Waals surface area contributed by atoms with Gasteiger partial charge in [-0.2, -0.15) is 0 Å². The van der Waals surface area contributed by atoms with Crippen LogP contribution in [0.3, 0.4) is 0 Å². The number of rotatable bonds is 7. The van der Waals surface area contributed by atoms with Crippen LogP contribution in [0.2, 0.25) is 0 Å². The van der Waals surface area contributed by atoms with Gasteiger partial charge in [0, 0.05) is 12.1 Å². The maximum atomic E-state index is 12.1. The molecule has 2 saturated carbocycles. The van der Waals surface area contributed by atoms with Crippen molar-refractivity contribution in [3.8, 4) is 10.7 Å². The first kappa shape index (κ1) is 15.2. The molecule has 23 heavy (non-hydrogen) atoms. The fourth-order valence-electron chi connectivity index (χ4n) is 2.75. The highest BCUT2D eigenvalue weighted by atomic mass is 32.2. The van der Waals surface area contributed by atoms with Crippen LogP contribution in [0.25, 0.3) is 10.7 Å². The first-order valence-electron chi connectivity index (χ1n) is 8.13. The number of thiophene rings is 1. The van der Waals surface area contributed by atoms with Crippen molar-refractivity contribution in [3.05, 3.63) is 17.5 Å². The lowest BCUT2D eigenvalue weighted by molar-refractivity contribution is -0.119. The van der Waals surface area contributed by atoms with Gasteiger partial charge >= 0.3 is 0 Å². The molecule has 1 atom stereocenters. The quantitative estimate of drug-likeness (QED) is 0.780. The molecule has 1 amide bonds. The minimum atomic E-state index is 0.0948. The Balaban J connectivity index is 1.43. The van der Waals surface area contributed by atoms with Gasteiger partial charge in [-0.1, -0.05) is 17.8 Å². The van der Waals surface area contributed by atoms with E-state index < -0.39 is 0 Å². The summed E-state index contributed by atoms with van der Waals surface area (Å²) in [6.07, 6.45) is 4.84. The first-order valence-corrected chi connectivity index (χ1v) is 10.00. The predicted octanol–water partition coefficient (Wildman–Crippen LogP) is 3.35. The number of carbonyl (C=O) groups excluding carboxylic acids is 1. The molecule has 0 bridgehead atoms. The molecule has 2 heterocycles. The molecule has 2 aromatic heterocycles. The zero-order chi connectivity index (χ0) is 15.8. The van der Waals surface area contributed by atoms with Crippen molar-refractivity contribution in [3.63, 3.8) is 0 Å². The summed E-state index contributed by atoms with van der Waals surface area (Å²) in [5, 5.41) is 14.7. The van der Waals surface area contributed by atoms with Gasteiger partial charge < -0.3 is 5.32 Å². The highest BCUT2D eigenvalue weighted by Crippen LogP contribution is 2.41. The molecule has 0 saturated heterocycles. The second-order valence-corrected chi connectivity index (χ2v) is 8.26. The molecule has 2 fully saturated rings. The number of nitrogens with zero attached hydrogens (tertiary/aromatic N) is 3. The summed E-state index contributed by atoms with van der Waals surface area (Å²) in [7, 11) is 0. The summed E-state index contributed by atoms with van der Waals surface area (Å²) in [4.78, 5) is 13.2. The second-order valence-electron chi connectivity index (χ2n) is 6.37. The van der Waals surface area contributed by atoms with Gasteiger partial charge in [0.25, 0.3) is 0 Å². The Bertz CT molecular complexity index is 689. The Labute approximate surface area is 143 Å². The van der Waals surface area contributed by atoms with Crippen LogP contribution >= 0.6 is 23.1 Å². The summed E-state index contributed by atoms with van der Waals surface area (Å²) >= 11 is 3.18. The average Bonchev–Trinajstić information content (AvgIpc) is 3.46. The maximum Gasteiger partial charge on any atom is 0.230 e. The van der Waals surface area contributed by atoms with Crippen molar-refractivity contribution in [2.45, 2.75) is 49.8 Å². The van der Waals surface area contributed by atoms with Crippen LogP contribution in [0.15, 0.2) is 22.7 Å². The summed E-state index contributed by atoms with van der Waals surface area (Å²) in [5.41, 5.74) is 0. The maximum absolute atomic E-state index is 12.1. The Kier molecular flexibility index (Phi) is 4.15. The molecule has 5 nitrogen and oxygen atoms in total. The lowest BCUT2D eigenvalue weighted by Crippen LogP contribution is -2.35. The van der Waals surface area contributed by atoms with E-state index in [0.29, 0.717) is 23.8 Å². The molecule has 2 aromatic rings. The minimum Gasteiger partial charge on any atom is -0.353 e. The lowest BCUT2D eigenvalue weighted by atomic mass is 10.2. The average molecular weight is 348 g/mol. The third-order valence-electron chi connectivity index (χ3n) is 4.37. The van der Waals surface area contributed by atoms with E-state index in [9.17, 15) is 4.79 Å². The molecule has 1 unspecified atom stereocenters. The van der Waals surface area contributed by atoms with Gasteiger partial charge in [-0.05, 0) is 50.0 Å². The van der Waals surface area contributed by atoms with Gasteiger partial charge in [-0.25, -0.2) is 0 Å². The molecular weight excluding hydrogens is 328 g/mol. The highest BCUT2D eigenvalue weighted by molar-refractivity contribution is 7.99. The Morgan fingerprint density at radius 3 is 2.91 bits per heavy atom. The van der Waals surface area contributed by atoms with Gasteiger partial charge in [-0.3, -0.25) is 9.36 Å². The Hall–Kier alpha value is -1.34. The molecule has 0 radical (unpaired) electrons. The number of nitrogens with one attached hydrogen (secondary N) is 1. The number of amides is 1. The number of hydrogen-bond acceptors (Lipinski definition) is 5. The molecular formula is C16H20N4OS2. The zero-order valence-corrected chi connectivity index (χ0v) is 14.7. The van der Waals surface area contributed by atoms with Crippen LogP contribution < -0.4 is 5.32 Å². The molecule has 7 heteroatoms. The van der Waals surface area contributed by atoms with E-state index in [1.807, 2.05) is 6.07 Å². The van der Waals surface area contributed by atoms with E-state index >= 15 is 0 Å². The molecule has 1 N–H and O–H groups in total. The standard InChI is InChI=1S/C16H20N4OS2/c1-10(11-4-5-11)17-14(21)9-23-16-19-18-15(13-3-2-8-22-13)20(16)12-6-7-12/h2-3,8,10-12H,4-7,9H2,1H3,(H,17,21). The van der Waals surface area contributed by atoms with Crippen LogP contribution in [0.5, 0.6) is 0 Å². The summed E-state index contributed by atoms with van der Waals surface area (Å²) in [5.74, 6) is 2.13. The lowest BCUT2D eigenvalue weighted by Gasteiger charge is -2.12. The van der Waals surface area contributed by atoms with E-state index in [-0.39, 0.29) is 5.91 Å². The second kappa shape index (κ2) is 6.28. The van der Waals surface area contributed by atoms with Crippen molar-refractivity contribution >= 4 is 29.0 Å². The summed E-state index contributed by atoms with van der Waals surface area (Å²) < 4.78 is 2.22. The van der Waals surface area contributed by atoms with Gasteiger partial charge in [-0.15, -0.1) is 21.5 Å². The molecule has 2 aliphatic rings. The fourth-order valence-corrected chi connectivity index (χ4v) is 4.27. The number of carbonyl (C=O) groups is 1. The van der Waals surface area contributed by atoms with Crippen molar-refractivity contribution in [1.82, 2.24) is 20.1 Å². The predicted molar refractivity (Wildman–Crippen MR) is 92.7 cm³/mol. The molecule has 0 aromatic carbocycles. The van der Waals surface area contributed by atoms with Gasteiger partial charge in [0.1, 0.15) is 0 Å². The van der Waals surface area contributed by atoms with Gasteiger partial charge in [0.15, 0.2) is 11.0 Å². The monoisotopic (exact) mass is 348 g/mol. The van der Waals surface area contributed by atoms with Gasteiger partial charge in [0.05, 0.1) is 10.6 Å². The molecule has 4 rings (SSSR count). The van der Waals surface area contributed by atoms with Crippen molar-refractivity contribution in [2.75, 3.05) is 5.75 Å². The summed E-state index contributed by atoms with van der Waals surface area (Å²) in [6, 6.07) is 4.90. The van der Waals surface area contributed by atoms with Gasteiger partial charge in [0.2, 0.25) is 5.91 Å². The SMILES string of the molecule is CC(NC(=O)CSc1nnc(-c2cccs2)n1C1CC1)C1CC1. The van der Waals surface area contributed by atoms with Crippen LogP contribution in [-0.4, -0.2) is 32.5 Å². The van der Waals surface area contributed by atoms with E-state index in [1.165, 1.54) is 37.4 Å². The molecule has 122 valence electrons. The Morgan fingerprint density at radius 2 is 2.26 bits per heavy atom. The zero-order valence-electron chi connectivity index (χ0n) is 13.1.